The number of nitriles is 1. The van der Waals surface area contributed by atoms with Gasteiger partial charge < -0.3 is 10.4 Å². The summed E-state index contributed by atoms with van der Waals surface area (Å²) in [5.74, 6) is -0.184. The van der Waals surface area contributed by atoms with Gasteiger partial charge in [0.2, 0.25) is 5.28 Å². The van der Waals surface area contributed by atoms with Gasteiger partial charge in [0, 0.05) is 12.2 Å². The number of aromatic nitrogens is 2. The van der Waals surface area contributed by atoms with Crippen LogP contribution in [0.2, 0.25) is 15.5 Å². The van der Waals surface area contributed by atoms with Gasteiger partial charge in [-0.3, -0.25) is 4.79 Å². The monoisotopic (exact) mass is 454 g/mol. The molecular formula is C20H21Cl3N4O2. The lowest BCUT2D eigenvalue weighted by Crippen LogP contribution is -2.63. The number of rotatable bonds is 2. The second-order valence-electron chi connectivity index (χ2n) is 8.18. The van der Waals surface area contributed by atoms with Crippen molar-refractivity contribution >= 4 is 40.7 Å². The fraction of sp³-hybridized carbons (Fsp3) is 0.400. The summed E-state index contributed by atoms with van der Waals surface area (Å²) in [4.78, 5) is 19.8. The van der Waals surface area contributed by atoms with Crippen LogP contribution in [0.15, 0.2) is 24.4 Å². The van der Waals surface area contributed by atoms with Crippen LogP contribution in [0.4, 0.5) is 0 Å². The average Bonchev–Trinajstić information content (AvgIpc) is 2.59. The minimum atomic E-state index is -0.257. The number of nitrogens with one attached hydrogen (secondary N) is 1. The predicted octanol–water partition coefficient (Wildman–Crippen LogP) is 5.26. The number of hydrogen-bond donors (Lipinski definition) is 2. The molecule has 0 spiro atoms. The third-order valence-corrected chi connectivity index (χ3v) is 5.56. The van der Waals surface area contributed by atoms with E-state index in [0.717, 1.165) is 6.42 Å². The second kappa shape index (κ2) is 8.74. The third-order valence-electron chi connectivity index (χ3n) is 4.78. The molecule has 6 nitrogen and oxygen atoms in total. The summed E-state index contributed by atoms with van der Waals surface area (Å²) in [7, 11) is 0. The molecule has 0 atom stereocenters. The van der Waals surface area contributed by atoms with Crippen molar-refractivity contribution in [1.82, 2.24) is 15.3 Å². The molecule has 154 valence electrons. The zero-order chi connectivity index (χ0) is 22.0. The molecule has 0 unspecified atom stereocenters. The fourth-order valence-corrected chi connectivity index (χ4v) is 4.60. The number of amides is 1. The smallest absolute Gasteiger partial charge is 0.256 e. The van der Waals surface area contributed by atoms with E-state index < -0.39 is 0 Å². The van der Waals surface area contributed by atoms with Crippen molar-refractivity contribution in [1.29, 1.82) is 5.26 Å². The first-order valence-corrected chi connectivity index (χ1v) is 9.88. The summed E-state index contributed by atoms with van der Waals surface area (Å²) < 4.78 is 0. The van der Waals surface area contributed by atoms with Gasteiger partial charge in [0.1, 0.15) is 17.0 Å². The average molecular weight is 456 g/mol. The highest BCUT2D eigenvalue weighted by Crippen LogP contribution is 2.53. The number of aromatic hydroxyl groups is 1. The molecule has 9 heteroatoms. The van der Waals surface area contributed by atoms with Crippen LogP contribution in [0.1, 0.15) is 50.0 Å². The van der Waals surface area contributed by atoms with Crippen LogP contribution in [0, 0.1) is 22.2 Å². The Hall–Kier alpha value is -2.07. The Labute approximate surface area is 184 Å². The van der Waals surface area contributed by atoms with Gasteiger partial charge in [0.25, 0.3) is 5.91 Å². The van der Waals surface area contributed by atoms with Crippen molar-refractivity contribution in [2.45, 2.75) is 40.2 Å². The molecule has 29 heavy (non-hydrogen) atoms. The van der Waals surface area contributed by atoms with E-state index in [-0.39, 0.29) is 49.6 Å². The topological polar surface area (TPSA) is 98.9 Å². The largest absolute Gasteiger partial charge is 0.508 e. The van der Waals surface area contributed by atoms with Crippen LogP contribution in [0.3, 0.4) is 0 Å². The standard InChI is InChI=1S/C13H17Cl2N3O.C7H4ClNO/c1-12(2)6-13(3,4)10(12)18-9(19)7-5-16-11(15)17-8(7)14;8-7-3-6(10)2-1-5(7)4-9/h5,10H,6H2,1-4H3,(H,18,19);1-3,10H. The van der Waals surface area contributed by atoms with Crippen molar-refractivity contribution in [3.05, 3.63) is 51.0 Å². The summed E-state index contributed by atoms with van der Waals surface area (Å²) in [5.41, 5.74) is 0.793. The molecule has 1 aliphatic carbocycles. The summed E-state index contributed by atoms with van der Waals surface area (Å²) in [6, 6.07) is 6.20. The zero-order valence-corrected chi connectivity index (χ0v) is 18.7. The molecule has 0 bridgehead atoms. The normalized spacial score (nSPS) is 16.6. The molecule has 1 amide bonds. The highest BCUT2D eigenvalue weighted by atomic mass is 35.5. The molecule has 1 aromatic heterocycles. The van der Waals surface area contributed by atoms with Crippen LogP contribution < -0.4 is 5.32 Å². The minimum Gasteiger partial charge on any atom is -0.508 e. The zero-order valence-electron chi connectivity index (χ0n) is 16.4. The van der Waals surface area contributed by atoms with Crippen molar-refractivity contribution in [3.63, 3.8) is 0 Å². The van der Waals surface area contributed by atoms with E-state index in [0.29, 0.717) is 5.56 Å². The second-order valence-corrected chi connectivity index (χ2v) is 9.28. The van der Waals surface area contributed by atoms with E-state index in [1.807, 2.05) is 6.07 Å². The maximum Gasteiger partial charge on any atom is 0.256 e. The fourth-order valence-electron chi connectivity index (χ4n) is 3.99. The molecule has 2 aromatic rings. The number of benzene rings is 1. The summed E-state index contributed by atoms with van der Waals surface area (Å²) in [6.45, 7) is 8.57. The lowest BCUT2D eigenvalue weighted by atomic mass is 9.52. The van der Waals surface area contributed by atoms with E-state index in [1.165, 1.54) is 24.4 Å². The Morgan fingerprint density at radius 2 is 1.86 bits per heavy atom. The highest BCUT2D eigenvalue weighted by molar-refractivity contribution is 6.34. The molecule has 1 aliphatic rings. The summed E-state index contributed by atoms with van der Waals surface area (Å²) >= 11 is 17.1. The number of halogens is 3. The van der Waals surface area contributed by atoms with Crippen LogP contribution in [0.25, 0.3) is 0 Å². The van der Waals surface area contributed by atoms with Gasteiger partial charge in [0.15, 0.2) is 0 Å². The van der Waals surface area contributed by atoms with Gasteiger partial charge >= 0.3 is 0 Å². The van der Waals surface area contributed by atoms with Gasteiger partial charge in [-0.05, 0) is 47.1 Å². The van der Waals surface area contributed by atoms with Gasteiger partial charge in [-0.25, -0.2) is 9.97 Å². The summed E-state index contributed by atoms with van der Waals surface area (Å²) in [6.07, 6.45) is 2.42. The number of phenols is 1. The summed E-state index contributed by atoms with van der Waals surface area (Å²) in [5, 5.41) is 20.6. The van der Waals surface area contributed by atoms with Gasteiger partial charge in [-0.2, -0.15) is 5.26 Å². The lowest BCUT2D eigenvalue weighted by molar-refractivity contribution is -0.0366. The van der Waals surface area contributed by atoms with Crippen molar-refractivity contribution in [2.24, 2.45) is 10.8 Å². The molecule has 1 fully saturated rings. The molecule has 1 heterocycles. The number of carbonyl (C=O) groups excluding carboxylic acids is 1. The highest BCUT2D eigenvalue weighted by Gasteiger charge is 2.53. The lowest BCUT2D eigenvalue weighted by Gasteiger charge is -2.57. The van der Waals surface area contributed by atoms with Crippen LogP contribution in [-0.4, -0.2) is 27.0 Å². The van der Waals surface area contributed by atoms with Crippen molar-refractivity contribution in [2.75, 3.05) is 0 Å². The molecular weight excluding hydrogens is 435 g/mol. The molecule has 2 N–H and O–H groups in total. The van der Waals surface area contributed by atoms with Gasteiger partial charge in [-0.15, -0.1) is 0 Å². The van der Waals surface area contributed by atoms with Gasteiger partial charge in [-0.1, -0.05) is 50.9 Å². The van der Waals surface area contributed by atoms with Gasteiger partial charge in [0.05, 0.1) is 16.1 Å². The maximum absolute atomic E-state index is 12.2. The molecule has 0 aliphatic heterocycles. The van der Waals surface area contributed by atoms with Crippen molar-refractivity contribution < 1.29 is 9.90 Å². The maximum atomic E-state index is 12.2. The number of nitrogens with zero attached hydrogens (tertiary/aromatic N) is 3. The molecule has 3 rings (SSSR count). The van der Waals surface area contributed by atoms with E-state index in [4.69, 9.17) is 45.2 Å². The Morgan fingerprint density at radius 3 is 2.34 bits per heavy atom. The molecule has 0 saturated heterocycles. The Bertz CT molecular complexity index is 957. The van der Waals surface area contributed by atoms with Crippen LogP contribution in [0.5, 0.6) is 5.75 Å². The Balaban J connectivity index is 0.000000253. The third kappa shape index (κ3) is 5.51. The minimum absolute atomic E-state index is 0.0332. The van der Waals surface area contributed by atoms with E-state index in [2.05, 4.69) is 43.0 Å². The predicted molar refractivity (Wildman–Crippen MR) is 113 cm³/mol. The first kappa shape index (κ1) is 23.2. The van der Waals surface area contributed by atoms with E-state index >= 15 is 0 Å². The van der Waals surface area contributed by atoms with E-state index in [1.54, 1.807) is 0 Å². The Kier molecular flexibility index (Phi) is 7.00. The van der Waals surface area contributed by atoms with Crippen molar-refractivity contribution in [3.8, 4) is 11.8 Å². The first-order valence-electron chi connectivity index (χ1n) is 8.75. The molecule has 1 saturated carbocycles. The number of carbonyl (C=O) groups is 1. The van der Waals surface area contributed by atoms with Crippen LogP contribution >= 0.6 is 34.8 Å². The number of hydrogen-bond acceptors (Lipinski definition) is 5. The molecule has 0 radical (unpaired) electrons. The quantitative estimate of drug-likeness (QED) is 0.475. The SMILES string of the molecule is CC1(C)CC(C)(C)C1NC(=O)c1cnc(Cl)nc1Cl.N#Cc1ccc(O)cc1Cl. The van der Waals surface area contributed by atoms with E-state index in [9.17, 15) is 4.79 Å². The Morgan fingerprint density at radius 1 is 1.24 bits per heavy atom. The number of phenolic OH excluding ortho intramolecular Hbond substituents is 1. The first-order chi connectivity index (χ1) is 13.4. The van der Waals surface area contributed by atoms with Crippen LogP contribution in [-0.2, 0) is 0 Å². The molecule has 1 aromatic carbocycles.